The molecule has 0 aromatic heterocycles. The maximum Gasteiger partial charge on any atom is 0.180 e. The molecule has 0 saturated carbocycles. The van der Waals surface area contributed by atoms with E-state index in [9.17, 15) is 8.42 Å². The van der Waals surface area contributed by atoms with Gasteiger partial charge in [0.2, 0.25) is 0 Å². The highest BCUT2D eigenvalue weighted by Gasteiger charge is 2.17. The largest absolute Gasteiger partial charge is 0.396 e. The zero-order valence-corrected chi connectivity index (χ0v) is 11.7. The molecule has 0 aliphatic rings. The topological polar surface area (TPSA) is 66.4 Å². The maximum absolute atomic E-state index is 12.0. The number of aliphatic hydroxyl groups is 1. The van der Waals surface area contributed by atoms with Gasteiger partial charge in [0.05, 0.1) is 16.3 Å². The van der Waals surface area contributed by atoms with Crippen molar-refractivity contribution in [3.8, 4) is 0 Å². The van der Waals surface area contributed by atoms with Crippen molar-refractivity contribution >= 4 is 15.5 Å². The van der Waals surface area contributed by atoms with Crippen LogP contribution in [0.2, 0.25) is 0 Å². The second-order valence-electron chi connectivity index (χ2n) is 4.16. The van der Waals surface area contributed by atoms with Gasteiger partial charge in [0.15, 0.2) is 9.84 Å². The molecule has 1 unspecified atom stereocenters. The monoisotopic (exact) mass is 271 g/mol. The number of para-hydroxylation sites is 1. The van der Waals surface area contributed by atoms with Crippen LogP contribution in [-0.2, 0) is 9.84 Å². The molecule has 2 N–H and O–H groups in total. The lowest BCUT2D eigenvalue weighted by atomic mass is 10.1. The first-order valence-corrected chi connectivity index (χ1v) is 7.89. The second-order valence-corrected chi connectivity index (χ2v) is 6.41. The van der Waals surface area contributed by atoms with E-state index in [1.807, 2.05) is 13.0 Å². The normalized spacial score (nSPS) is 13.3. The summed E-state index contributed by atoms with van der Waals surface area (Å²) < 4.78 is 23.9. The molecule has 0 bridgehead atoms. The van der Waals surface area contributed by atoms with Gasteiger partial charge in [0.1, 0.15) is 0 Å². The number of aliphatic hydroxyl groups excluding tert-OH is 1. The van der Waals surface area contributed by atoms with Gasteiger partial charge >= 0.3 is 0 Å². The smallest absolute Gasteiger partial charge is 0.180 e. The van der Waals surface area contributed by atoms with E-state index in [1.54, 1.807) is 25.1 Å². The van der Waals surface area contributed by atoms with E-state index < -0.39 is 9.84 Å². The summed E-state index contributed by atoms with van der Waals surface area (Å²) in [5.41, 5.74) is 0.625. The van der Waals surface area contributed by atoms with Crippen molar-refractivity contribution in [2.75, 3.05) is 17.7 Å². The van der Waals surface area contributed by atoms with Crippen LogP contribution in [-0.4, -0.2) is 31.9 Å². The molecule has 0 saturated heterocycles. The van der Waals surface area contributed by atoms with Gasteiger partial charge in [-0.2, -0.15) is 0 Å². The average molecular weight is 271 g/mol. The third kappa shape index (κ3) is 3.71. The minimum Gasteiger partial charge on any atom is -0.396 e. The Morgan fingerprint density at radius 3 is 2.50 bits per heavy atom. The van der Waals surface area contributed by atoms with Crippen LogP contribution in [0.1, 0.15) is 26.7 Å². The van der Waals surface area contributed by atoms with Crippen molar-refractivity contribution < 1.29 is 13.5 Å². The molecule has 0 radical (unpaired) electrons. The van der Waals surface area contributed by atoms with Crippen LogP contribution in [0.5, 0.6) is 0 Å². The van der Waals surface area contributed by atoms with Crippen LogP contribution in [0.25, 0.3) is 0 Å². The number of rotatable bonds is 7. The van der Waals surface area contributed by atoms with Crippen molar-refractivity contribution in [3.63, 3.8) is 0 Å². The van der Waals surface area contributed by atoms with E-state index in [0.717, 1.165) is 6.42 Å². The number of sulfone groups is 1. The Morgan fingerprint density at radius 2 is 1.94 bits per heavy atom. The van der Waals surface area contributed by atoms with E-state index in [0.29, 0.717) is 17.0 Å². The lowest BCUT2D eigenvalue weighted by Gasteiger charge is -2.19. The zero-order chi connectivity index (χ0) is 13.6. The highest BCUT2D eigenvalue weighted by atomic mass is 32.2. The van der Waals surface area contributed by atoms with E-state index >= 15 is 0 Å². The van der Waals surface area contributed by atoms with Gasteiger partial charge in [-0.15, -0.1) is 0 Å². The molecule has 1 aromatic rings. The van der Waals surface area contributed by atoms with Crippen LogP contribution >= 0.6 is 0 Å². The summed E-state index contributed by atoms with van der Waals surface area (Å²) in [6.07, 6.45) is 1.44. The second kappa shape index (κ2) is 6.75. The maximum atomic E-state index is 12.0. The van der Waals surface area contributed by atoms with E-state index in [4.69, 9.17) is 5.11 Å². The molecule has 18 heavy (non-hydrogen) atoms. The Bertz CT molecular complexity index is 471. The third-order valence-corrected chi connectivity index (χ3v) is 4.72. The van der Waals surface area contributed by atoms with Crippen LogP contribution < -0.4 is 5.32 Å². The first-order chi connectivity index (χ1) is 8.55. The third-order valence-electron chi connectivity index (χ3n) is 2.93. The molecule has 102 valence electrons. The summed E-state index contributed by atoms with van der Waals surface area (Å²) in [4.78, 5) is 0.337. The lowest BCUT2D eigenvalue weighted by Crippen LogP contribution is -2.21. The summed E-state index contributed by atoms with van der Waals surface area (Å²) in [7, 11) is -3.22. The molecule has 1 aromatic carbocycles. The Hall–Kier alpha value is -1.07. The van der Waals surface area contributed by atoms with Gasteiger partial charge in [-0.1, -0.05) is 26.0 Å². The minimum atomic E-state index is -3.22. The molecule has 0 fully saturated rings. The highest BCUT2D eigenvalue weighted by molar-refractivity contribution is 7.91. The standard InChI is InChI=1S/C13H21NO3S/c1-3-11(9-10-15)14-12-7-5-6-8-13(12)18(16,17)4-2/h5-8,11,14-15H,3-4,9-10H2,1-2H3. The lowest BCUT2D eigenvalue weighted by molar-refractivity contribution is 0.278. The number of nitrogens with one attached hydrogen (secondary N) is 1. The first-order valence-electron chi connectivity index (χ1n) is 6.24. The van der Waals surface area contributed by atoms with E-state index in [-0.39, 0.29) is 18.4 Å². The average Bonchev–Trinajstić information content (AvgIpc) is 2.38. The quantitative estimate of drug-likeness (QED) is 0.796. The molecule has 0 aliphatic carbocycles. The molecule has 0 heterocycles. The molecule has 0 spiro atoms. The van der Waals surface area contributed by atoms with Gasteiger partial charge in [0.25, 0.3) is 0 Å². The summed E-state index contributed by atoms with van der Waals surface area (Å²) in [6.45, 7) is 3.73. The Kier molecular flexibility index (Phi) is 5.62. The van der Waals surface area contributed by atoms with Gasteiger partial charge in [0, 0.05) is 12.6 Å². The Balaban J connectivity index is 3.03. The number of anilines is 1. The first kappa shape index (κ1) is 15.0. The summed E-state index contributed by atoms with van der Waals surface area (Å²) in [6, 6.07) is 7.00. The molecule has 0 aliphatic heterocycles. The van der Waals surface area contributed by atoms with Gasteiger partial charge in [-0.3, -0.25) is 0 Å². The van der Waals surface area contributed by atoms with Crippen molar-refractivity contribution in [3.05, 3.63) is 24.3 Å². The van der Waals surface area contributed by atoms with Crippen LogP contribution in [0.15, 0.2) is 29.2 Å². The fourth-order valence-corrected chi connectivity index (χ4v) is 2.83. The molecular formula is C13H21NO3S. The molecule has 5 heteroatoms. The van der Waals surface area contributed by atoms with Crippen molar-refractivity contribution in [1.82, 2.24) is 0 Å². The van der Waals surface area contributed by atoms with Crippen molar-refractivity contribution in [1.29, 1.82) is 0 Å². The Labute approximate surface area is 109 Å². The van der Waals surface area contributed by atoms with Crippen LogP contribution in [0.3, 0.4) is 0 Å². The predicted molar refractivity (Wildman–Crippen MR) is 73.6 cm³/mol. The van der Waals surface area contributed by atoms with Crippen molar-refractivity contribution in [2.45, 2.75) is 37.6 Å². The van der Waals surface area contributed by atoms with Crippen LogP contribution in [0, 0.1) is 0 Å². The fourth-order valence-electron chi connectivity index (χ4n) is 1.77. The highest BCUT2D eigenvalue weighted by Crippen LogP contribution is 2.23. The number of hydrogen-bond donors (Lipinski definition) is 2. The fraction of sp³-hybridized carbons (Fsp3) is 0.538. The predicted octanol–water partition coefficient (Wildman–Crippen LogP) is 2.05. The van der Waals surface area contributed by atoms with Crippen LogP contribution in [0.4, 0.5) is 5.69 Å². The number of hydrogen-bond acceptors (Lipinski definition) is 4. The molecule has 1 atom stereocenters. The van der Waals surface area contributed by atoms with Crippen molar-refractivity contribution in [2.24, 2.45) is 0 Å². The summed E-state index contributed by atoms with van der Waals surface area (Å²) in [5.74, 6) is 0.0858. The Morgan fingerprint density at radius 1 is 1.28 bits per heavy atom. The minimum absolute atomic E-state index is 0.0858. The molecule has 1 rings (SSSR count). The van der Waals surface area contributed by atoms with E-state index in [2.05, 4.69) is 5.32 Å². The molecule has 0 amide bonds. The van der Waals surface area contributed by atoms with Gasteiger partial charge < -0.3 is 10.4 Å². The van der Waals surface area contributed by atoms with E-state index in [1.165, 1.54) is 0 Å². The SMILES string of the molecule is CCC(CCO)Nc1ccccc1S(=O)(=O)CC. The number of benzene rings is 1. The van der Waals surface area contributed by atoms with Gasteiger partial charge in [-0.05, 0) is 25.0 Å². The summed E-state index contributed by atoms with van der Waals surface area (Å²) >= 11 is 0. The molecule has 4 nitrogen and oxygen atoms in total. The van der Waals surface area contributed by atoms with Gasteiger partial charge in [-0.25, -0.2) is 8.42 Å². The molecular weight excluding hydrogens is 250 g/mol. The zero-order valence-electron chi connectivity index (χ0n) is 10.9. The summed E-state index contributed by atoms with van der Waals surface area (Å²) in [5, 5.41) is 12.2.